The van der Waals surface area contributed by atoms with Gasteiger partial charge in [-0.05, 0) is 82.5 Å². The second-order valence-corrected chi connectivity index (χ2v) is 10.4. The molecule has 2 fully saturated rings. The summed E-state index contributed by atoms with van der Waals surface area (Å²) in [5.74, 6) is 6.11. The molecule has 5 rings (SSSR count). The van der Waals surface area contributed by atoms with E-state index in [9.17, 15) is 14.3 Å². The number of carbonyl (C=O) groups excluding carboxylic acids is 1. The second kappa shape index (κ2) is 10.4. The van der Waals surface area contributed by atoms with Crippen molar-refractivity contribution in [2.45, 2.75) is 57.7 Å². The van der Waals surface area contributed by atoms with Crippen LogP contribution in [0, 0.1) is 37.4 Å². The van der Waals surface area contributed by atoms with Gasteiger partial charge in [0, 0.05) is 34.8 Å². The molecule has 2 aliphatic heterocycles. The van der Waals surface area contributed by atoms with Crippen molar-refractivity contribution in [2.24, 2.45) is 5.92 Å². The number of hydrogen-bond donors (Lipinski definition) is 2. The largest absolute Gasteiger partial charge is 0.508 e. The molecule has 5 nitrogen and oxygen atoms in total. The fraction of sp³-hybridized carbons (Fsp3) is 0.355. The normalized spacial score (nSPS) is 21.7. The Kier molecular flexibility index (Phi) is 6.99. The summed E-state index contributed by atoms with van der Waals surface area (Å²) in [4.78, 5) is 20.3. The number of carbonyl (C=O) groups is 1. The van der Waals surface area contributed by atoms with E-state index >= 15 is 0 Å². The van der Waals surface area contributed by atoms with E-state index in [4.69, 9.17) is 0 Å². The fourth-order valence-electron chi connectivity index (χ4n) is 5.63. The third kappa shape index (κ3) is 5.52. The highest BCUT2D eigenvalue weighted by atomic mass is 19.1. The lowest BCUT2D eigenvalue weighted by Crippen LogP contribution is -2.39. The molecule has 0 spiro atoms. The number of hydrogen-bond acceptors (Lipinski definition) is 4. The van der Waals surface area contributed by atoms with Gasteiger partial charge in [0.2, 0.25) is 0 Å². The van der Waals surface area contributed by atoms with Gasteiger partial charge in [-0.1, -0.05) is 41.7 Å². The van der Waals surface area contributed by atoms with Gasteiger partial charge in [0.15, 0.2) is 0 Å². The standard InChI is InChI=1S/C31H32FN3O2/c1-19-4-8-23(9-5-19)30(27-18-24(32)10-13-29(27)36)34-31(37)28-17-21(14-20(2)33-28)6-7-22-15-25-11-12-26(16-22)35(25)3/h4-5,8-10,13-14,17-18,22,25-26,30,36H,11-12,15-16H2,1-3H3,(H,34,37)/t22?,25-,26+,30?. The summed E-state index contributed by atoms with van der Waals surface area (Å²) in [6.45, 7) is 3.81. The molecule has 4 atom stereocenters. The number of phenolic OH excluding ortho intramolecular Hbond substituents is 1. The maximum absolute atomic E-state index is 14.1. The molecule has 0 radical (unpaired) electrons. The van der Waals surface area contributed by atoms with Crippen LogP contribution in [0.5, 0.6) is 5.75 Å². The number of nitrogens with one attached hydrogen (secondary N) is 1. The number of rotatable bonds is 4. The summed E-state index contributed by atoms with van der Waals surface area (Å²) < 4.78 is 14.1. The minimum absolute atomic E-state index is 0.0943. The van der Waals surface area contributed by atoms with Gasteiger partial charge in [0.05, 0.1) is 6.04 Å². The van der Waals surface area contributed by atoms with Crippen molar-refractivity contribution in [3.8, 4) is 17.6 Å². The number of aromatic nitrogens is 1. The number of pyridine rings is 1. The molecule has 0 saturated carbocycles. The Hall–Kier alpha value is -3.69. The second-order valence-electron chi connectivity index (χ2n) is 10.4. The highest BCUT2D eigenvalue weighted by molar-refractivity contribution is 5.93. The topological polar surface area (TPSA) is 65.5 Å². The van der Waals surface area contributed by atoms with E-state index in [2.05, 4.69) is 34.1 Å². The Bertz CT molecular complexity index is 1360. The average Bonchev–Trinajstić information content (AvgIpc) is 3.08. The first-order chi connectivity index (χ1) is 17.8. The Morgan fingerprint density at radius 1 is 1.08 bits per heavy atom. The van der Waals surface area contributed by atoms with Crippen LogP contribution in [0.3, 0.4) is 0 Å². The number of amides is 1. The predicted molar refractivity (Wildman–Crippen MR) is 142 cm³/mol. The summed E-state index contributed by atoms with van der Waals surface area (Å²) in [5.41, 5.74) is 3.75. The quantitative estimate of drug-likeness (QED) is 0.481. The first-order valence-electron chi connectivity index (χ1n) is 12.8. The highest BCUT2D eigenvalue weighted by Crippen LogP contribution is 2.37. The Morgan fingerprint density at radius 3 is 2.49 bits per heavy atom. The Labute approximate surface area is 217 Å². The monoisotopic (exact) mass is 497 g/mol. The molecular formula is C31H32FN3O2. The molecule has 2 N–H and O–H groups in total. The molecule has 2 bridgehead atoms. The third-order valence-electron chi connectivity index (χ3n) is 7.69. The number of halogens is 1. The smallest absolute Gasteiger partial charge is 0.270 e. The molecule has 190 valence electrons. The van der Waals surface area contributed by atoms with Crippen LogP contribution in [0.25, 0.3) is 0 Å². The van der Waals surface area contributed by atoms with Crippen LogP contribution >= 0.6 is 0 Å². The van der Waals surface area contributed by atoms with Crippen molar-refractivity contribution >= 4 is 5.91 Å². The number of piperidine rings is 1. The number of aromatic hydroxyl groups is 1. The Balaban J connectivity index is 1.40. The summed E-state index contributed by atoms with van der Waals surface area (Å²) in [6, 6.07) is 15.4. The number of phenols is 1. The zero-order valence-electron chi connectivity index (χ0n) is 21.5. The zero-order chi connectivity index (χ0) is 26.1. The van der Waals surface area contributed by atoms with E-state index in [0.29, 0.717) is 23.7 Å². The molecular weight excluding hydrogens is 465 g/mol. The molecule has 1 aromatic heterocycles. The van der Waals surface area contributed by atoms with Crippen LogP contribution < -0.4 is 5.32 Å². The van der Waals surface area contributed by atoms with Crippen molar-refractivity contribution < 1.29 is 14.3 Å². The van der Waals surface area contributed by atoms with E-state index < -0.39 is 17.8 Å². The highest BCUT2D eigenvalue weighted by Gasteiger charge is 2.37. The summed E-state index contributed by atoms with van der Waals surface area (Å²) in [6.07, 6.45) is 4.68. The number of aryl methyl sites for hydroxylation is 2. The maximum Gasteiger partial charge on any atom is 0.270 e. The maximum atomic E-state index is 14.1. The van der Waals surface area contributed by atoms with Gasteiger partial charge in [-0.25, -0.2) is 9.37 Å². The summed E-state index contributed by atoms with van der Waals surface area (Å²) in [5, 5.41) is 13.4. The number of nitrogens with zero attached hydrogens (tertiary/aromatic N) is 2. The molecule has 2 unspecified atom stereocenters. The molecule has 2 aromatic carbocycles. The molecule has 6 heteroatoms. The van der Waals surface area contributed by atoms with Crippen molar-refractivity contribution in [3.63, 3.8) is 0 Å². The van der Waals surface area contributed by atoms with Gasteiger partial charge < -0.3 is 15.3 Å². The third-order valence-corrected chi connectivity index (χ3v) is 7.69. The van der Waals surface area contributed by atoms with E-state index in [-0.39, 0.29) is 17.0 Å². The number of benzene rings is 2. The first kappa shape index (κ1) is 25.0. The van der Waals surface area contributed by atoms with Crippen LogP contribution in [-0.2, 0) is 0 Å². The van der Waals surface area contributed by atoms with Gasteiger partial charge in [0.1, 0.15) is 17.3 Å². The fourth-order valence-corrected chi connectivity index (χ4v) is 5.63. The lowest BCUT2D eigenvalue weighted by molar-refractivity contribution is 0.0937. The van der Waals surface area contributed by atoms with Gasteiger partial charge in [-0.3, -0.25) is 4.79 Å². The predicted octanol–water partition coefficient (Wildman–Crippen LogP) is 5.29. The van der Waals surface area contributed by atoms with Crippen molar-refractivity contribution in [1.82, 2.24) is 15.2 Å². The minimum atomic E-state index is -0.754. The van der Waals surface area contributed by atoms with E-state index in [1.165, 1.54) is 31.0 Å². The molecule has 3 heterocycles. The molecule has 3 aromatic rings. The van der Waals surface area contributed by atoms with Crippen molar-refractivity contribution in [1.29, 1.82) is 0 Å². The lowest BCUT2D eigenvalue weighted by Gasteiger charge is -2.34. The van der Waals surface area contributed by atoms with Crippen LogP contribution in [0.15, 0.2) is 54.6 Å². The zero-order valence-corrected chi connectivity index (χ0v) is 21.5. The van der Waals surface area contributed by atoms with Gasteiger partial charge >= 0.3 is 0 Å². The van der Waals surface area contributed by atoms with E-state index in [1.807, 2.05) is 44.2 Å². The summed E-state index contributed by atoms with van der Waals surface area (Å²) in [7, 11) is 2.22. The SMILES string of the molecule is Cc1ccc(C(NC(=O)c2cc(C#CC3C[C@H]4CC[C@@H](C3)N4C)cc(C)n2)c2cc(F)ccc2O)cc1. The molecule has 2 saturated heterocycles. The molecule has 1 amide bonds. The Morgan fingerprint density at radius 2 is 1.78 bits per heavy atom. The molecule has 0 aliphatic carbocycles. The first-order valence-corrected chi connectivity index (χ1v) is 12.8. The number of fused-ring (bicyclic) bond motifs is 2. The van der Waals surface area contributed by atoms with Gasteiger partial charge in [-0.2, -0.15) is 0 Å². The van der Waals surface area contributed by atoms with Gasteiger partial charge in [-0.15, -0.1) is 0 Å². The van der Waals surface area contributed by atoms with Crippen molar-refractivity contribution in [3.05, 3.63) is 94.1 Å². The molecule has 37 heavy (non-hydrogen) atoms. The minimum Gasteiger partial charge on any atom is -0.508 e. The molecule has 2 aliphatic rings. The van der Waals surface area contributed by atoms with Gasteiger partial charge in [0.25, 0.3) is 5.91 Å². The lowest BCUT2D eigenvalue weighted by atomic mass is 9.91. The van der Waals surface area contributed by atoms with Crippen LogP contribution in [0.1, 0.15) is 70.2 Å². The van der Waals surface area contributed by atoms with Crippen LogP contribution in [0.2, 0.25) is 0 Å². The van der Waals surface area contributed by atoms with E-state index in [1.54, 1.807) is 6.07 Å². The van der Waals surface area contributed by atoms with Crippen LogP contribution in [0.4, 0.5) is 4.39 Å². The van der Waals surface area contributed by atoms with Crippen LogP contribution in [-0.4, -0.2) is 40.0 Å². The summed E-state index contributed by atoms with van der Waals surface area (Å²) >= 11 is 0. The van der Waals surface area contributed by atoms with Crippen molar-refractivity contribution in [2.75, 3.05) is 7.05 Å². The average molecular weight is 498 g/mol. The van der Waals surface area contributed by atoms with E-state index in [0.717, 1.165) is 29.5 Å².